The molecule has 2 N–H and O–H groups in total. The number of alkyl halides is 3. The van der Waals surface area contributed by atoms with Crippen molar-refractivity contribution in [3.63, 3.8) is 0 Å². The lowest BCUT2D eigenvalue weighted by atomic mass is 9.83. The number of likely N-dealkylation sites (tertiary alicyclic amines) is 3. The summed E-state index contributed by atoms with van der Waals surface area (Å²) in [5.74, 6) is -0.148. The number of nitrogens with one attached hydrogen (secondary N) is 1. The van der Waals surface area contributed by atoms with Gasteiger partial charge in [0.15, 0.2) is 0 Å². The Kier molecular flexibility index (Phi) is 11.1. The third-order valence-corrected chi connectivity index (χ3v) is 9.93. The van der Waals surface area contributed by atoms with Crippen LogP contribution in [0.5, 0.6) is 0 Å². The van der Waals surface area contributed by atoms with Crippen LogP contribution in [0.15, 0.2) is 54.6 Å². The van der Waals surface area contributed by atoms with Crippen LogP contribution in [0, 0.1) is 5.92 Å². The van der Waals surface area contributed by atoms with Gasteiger partial charge in [0.05, 0.1) is 12.1 Å². The second kappa shape index (κ2) is 15.1. The first-order chi connectivity index (χ1) is 22.1. The van der Waals surface area contributed by atoms with E-state index in [0.717, 1.165) is 88.8 Å². The number of halogens is 3. The Morgan fingerprint density at radius 3 is 2.26 bits per heavy atom. The highest BCUT2D eigenvalue weighted by atomic mass is 19.4. The molecule has 11 heteroatoms. The maximum absolute atomic E-state index is 13.4. The lowest BCUT2D eigenvalue weighted by molar-refractivity contribution is -0.137. The van der Waals surface area contributed by atoms with Crippen LogP contribution < -0.4 is 5.32 Å². The number of hydrogen-bond acceptors (Lipinski definition) is 4. The summed E-state index contributed by atoms with van der Waals surface area (Å²) in [5, 5.41) is 15.0. The summed E-state index contributed by atoms with van der Waals surface area (Å²) in [7, 11) is 0. The van der Waals surface area contributed by atoms with E-state index in [-0.39, 0.29) is 37.1 Å². The molecular formula is C35H48F3N5O3. The third kappa shape index (κ3) is 8.15. The van der Waals surface area contributed by atoms with E-state index in [1.807, 2.05) is 45.0 Å². The summed E-state index contributed by atoms with van der Waals surface area (Å²) in [6, 6.07) is 14.4. The molecular weight excluding hydrogens is 595 g/mol. The summed E-state index contributed by atoms with van der Waals surface area (Å²) >= 11 is 0. The predicted octanol–water partition coefficient (Wildman–Crippen LogP) is 5.91. The van der Waals surface area contributed by atoms with Gasteiger partial charge in [-0.25, -0.2) is 9.59 Å². The van der Waals surface area contributed by atoms with Gasteiger partial charge >= 0.3 is 18.2 Å². The Morgan fingerprint density at radius 1 is 0.957 bits per heavy atom. The van der Waals surface area contributed by atoms with Gasteiger partial charge in [-0.3, -0.25) is 0 Å². The van der Waals surface area contributed by atoms with Gasteiger partial charge in [0.25, 0.3) is 0 Å². The van der Waals surface area contributed by atoms with Gasteiger partial charge < -0.3 is 30.0 Å². The van der Waals surface area contributed by atoms with Gasteiger partial charge in [0.2, 0.25) is 0 Å². The maximum atomic E-state index is 13.4. The number of hydrogen-bond donors (Lipinski definition) is 2. The first kappa shape index (κ1) is 34.0. The number of β-amino-alcohol motifs (C(OH)–C–C–N with tert-alkyl or cyclic N) is 1. The molecule has 5 rings (SSSR count). The SMILES string of the molecule is CCCCCN(C(=O)NCc1ccc(C(F)(F)F)cc1)C1CCN(C[C@H]2CN(C(=O)N3CCCC3)C[C@]2(O)c2ccccc2)CC1. The highest BCUT2D eigenvalue weighted by molar-refractivity contribution is 5.75. The van der Waals surface area contributed by atoms with Gasteiger partial charge in [-0.05, 0) is 55.4 Å². The largest absolute Gasteiger partial charge is 0.416 e. The zero-order chi connectivity index (χ0) is 32.7. The summed E-state index contributed by atoms with van der Waals surface area (Å²) < 4.78 is 38.8. The fourth-order valence-electron chi connectivity index (χ4n) is 7.22. The van der Waals surface area contributed by atoms with Gasteiger partial charge in [-0.1, -0.05) is 62.2 Å². The van der Waals surface area contributed by atoms with Crippen LogP contribution >= 0.6 is 0 Å². The van der Waals surface area contributed by atoms with Gasteiger partial charge in [-0.15, -0.1) is 0 Å². The number of nitrogens with zero attached hydrogens (tertiary/aromatic N) is 4. The maximum Gasteiger partial charge on any atom is 0.416 e. The van der Waals surface area contributed by atoms with Gasteiger partial charge in [0, 0.05) is 64.3 Å². The Balaban J connectivity index is 1.20. The number of unbranched alkanes of at least 4 members (excludes halogenated alkanes) is 2. The molecule has 0 radical (unpaired) electrons. The molecule has 0 aromatic heterocycles. The topological polar surface area (TPSA) is 79.4 Å². The number of rotatable bonds is 10. The third-order valence-electron chi connectivity index (χ3n) is 9.93. The molecule has 0 unspecified atom stereocenters. The average molecular weight is 644 g/mol. The summed E-state index contributed by atoms with van der Waals surface area (Å²) in [5.41, 5.74) is -0.401. The molecule has 2 aromatic rings. The molecule has 0 spiro atoms. The summed E-state index contributed by atoms with van der Waals surface area (Å²) in [4.78, 5) is 34.7. The number of urea groups is 2. The van der Waals surface area contributed by atoms with E-state index in [0.29, 0.717) is 25.2 Å². The number of amides is 4. The fourth-order valence-corrected chi connectivity index (χ4v) is 7.22. The van der Waals surface area contributed by atoms with Crippen molar-refractivity contribution in [2.75, 3.05) is 52.4 Å². The number of piperidine rings is 1. The first-order valence-electron chi connectivity index (χ1n) is 16.8. The van der Waals surface area contributed by atoms with Crippen molar-refractivity contribution in [2.24, 2.45) is 5.92 Å². The molecule has 0 aliphatic carbocycles. The highest BCUT2D eigenvalue weighted by Crippen LogP contribution is 2.39. The number of carbonyl (C=O) groups excluding carboxylic acids is 2. The Hall–Kier alpha value is -3.31. The molecule has 252 valence electrons. The van der Waals surface area contributed by atoms with Crippen molar-refractivity contribution in [3.8, 4) is 0 Å². The monoisotopic (exact) mass is 643 g/mol. The molecule has 3 fully saturated rings. The number of carbonyl (C=O) groups is 2. The Bertz CT molecular complexity index is 1280. The second-order valence-electron chi connectivity index (χ2n) is 13.1. The first-order valence-corrected chi connectivity index (χ1v) is 16.8. The van der Waals surface area contributed by atoms with E-state index in [4.69, 9.17) is 0 Å². The zero-order valence-corrected chi connectivity index (χ0v) is 26.9. The van der Waals surface area contributed by atoms with Crippen molar-refractivity contribution in [3.05, 3.63) is 71.3 Å². The lowest BCUT2D eigenvalue weighted by Crippen LogP contribution is -2.52. The minimum atomic E-state index is -4.39. The van der Waals surface area contributed by atoms with Crippen molar-refractivity contribution in [2.45, 2.75) is 76.2 Å². The van der Waals surface area contributed by atoms with Crippen LogP contribution in [0.4, 0.5) is 22.8 Å². The van der Waals surface area contributed by atoms with Crippen LogP contribution in [0.2, 0.25) is 0 Å². The highest BCUT2D eigenvalue weighted by Gasteiger charge is 2.49. The average Bonchev–Trinajstić information content (AvgIpc) is 3.72. The van der Waals surface area contributed by atoms with E-state index in [2.05, 4.69) is 17.1 Å². The summed E-state index contributed by atoms with van der Waals surface area (Å²) in [6.45, 7) is 7.39. The normalized spacial score (nSPS) is 22.8. The van der Waals surface area contributed by atoms with Crippen LogP contribution in [0.3, 0.4) is 0 Å². The molecule has 3 aliphatic rings. The molecule has 8 nitrogen and oxygen atoms in total. The van der Waals surface area contributed by atoms with Gasteiger partial charge in [0.1, 0.15) is 5.60 Å². The zero-order valence-electron chi connectivity index (χ0n) is 26.9. The molecule has 0 saturated carbocycles. The van der Waals surface area contributed by atoms with Crippen molar-refractivity contribution in [1.82, 2.24) is 24.9 Å². The quantitative estimate of drug-likeness (QED) is 0.316. The van der Waals surface area contributed by atoms with Crippen molar-refractivity contribution >= 4 is 12.1 Å². The molecule has 2 atom stereocenters. The minimum Gasteiger partial charge on any atom is -0.383 e. The van der Waals surface area contributed by atoms with E-state index in [1.54, 1.807) is 0 Å². The van der Waals surface area contributed by atoms with Gasteiger partial charge in [-0.2, -0.15) is 13.2 Å². The van der Waals surface area contributed by atoms with Crippen molar-refractivity contribution < 1.29 is 27.9 Å². The van der Waals surface area contributed by atoms with E-state index < -0.39 is 17.3 Å². The molecule has 3 saturated heterocycles. The van der Waals surface area contributed by atoms with Crippen LogP contribution in [-0.2, 0) is 18.3 Å². The second-order valence-corrected chi connectivity index (χ2v) is 13.1. The van der Waals surface area contributed by atoms with Crippen LogP contribution in [-0.4, -0.2) is 95.2 Å². The molecule has 2 aromatic carbocycles. The smallest absolute Gasteiger partial charge is 0.383 e. The van der Waals surface area contributed by atoms with E-state index >= 15 is 0 Å². The molecule has 4 amide bonds. The van der Waals surface area contributed by atoms with Crippen LogP contribution in [0.1, 0.15) is 68.6 Å². The summed E-state index contributed by atoms with van der Waals surface area (Å²) in [6.07, 6.45) is 2.13. The molecule has 3 heterocycles. The molecule has 3 aliphatic heterocycles. The number of benzene rings is 2. The Morgan fingerprint density at radius 2 is 1.63 bits per heavy atom. The molecule has 0 bridgehead atoms. The Labute approximate surface area is 270 Å². The fraction of sp³-hybridized carbons (Fsp3) is 0.600. The van der Waals surface area contributed by atoms with E-state index in [9.17, 15) is 27.9 Å². The van der Waals surface area contributed by atoms with Crippen LogP contribution in [0.25, 0.3) is 0 Å². The van der Waals surface area contributed by atoms with E-state index in [1.165, 1.54) is 12.1 Å². The lowest BCUT2D eigenvalue weighted by Gasteiger charge is -2.40. The van der Waals surface area contributed by atoms with Crippen molar-refractivity contribution in [1.29, 1.82) is 0 Å². The number of aliphatic hydroxyl groups is 1. The predicted molar refractivity (Wildman–Crippen MR) is 171 cm³/mol. The minimum absolute atomic E-state index is 0.0121. The molecule has 46 heavy (non-hydrogen) atoms. The standard InChI is InChI=1S/C35H48F3N5O3/c1-2-3-7-20-43(32(44)39-23-27-12-14-29(15-13-27)35(36,37)38)31-16-21-40(22-17-31)24-30-25-42(33(45)41-18-8-9-19-41)26-34(30,46)28-10-5-4-6-11-28/h4-6,10-15,30-31,46H,2-3,7-9,16-26H2,1H3,(H,39,44)/t30-,34-/m0/s1.